The van der Waals surface area contributed by atoms with Gasteiger partial charge >= 0.3 is 0 Å². The lowest BCUT2D eigenvalue weighted by Gasteiger charge is -2.17. The number of benzene rings is 2. The SMILES string of the molecule is COc1ccc(NC(=O)C2CC(=O)N(c3ccc(F)c(Cl)c3)C2)cc1. The Morgan fingerprint density at radius 1 is 1.28 bits per heavy atom. The molecular weight excluding hydrogens is 347 g/mol. The summed E-state index contributed by atoms with van der Waals surface area (Å²) in [4.78, 5) is 26.1. The summed E-state index contributed by atoms with van der Waals surface area (Å²) < 4.78 is 18.3. The van der Waals surface area contributed by atoms with E-state index in [0.717, 1.165) is 0 Å². The van der Waals surface area contributed by atoms with Crippen LogP contribution in [0, 0.1) is 11.7 Å². The predicted molar refractivity (Wildman–Crippen MR) is 93.5 cm³/mol. The molecule has 25 heavy (non-hydrogen) atoms. The van der Waals surface area contributed by atoms with Gasteiger partial charge in [-0.25, -0.2) is 4.39 Å². The first-order valence-electron chi connectivity index (χ1n) is 7.68. The van der Waals surface area contributed by atoms with E-state index in [1.165, 1.54) is 23.1 Å². The molecule has 0 aliphatic carbocycles. The second kappa shape index (κ2) is 7.11. The molecule has 1 saturated heterocycles. The number of amides is 2. The van der Waals surface area contributed by atoms with E-state index in [0.29, 0.717) is 17.1 Å². The molecule has 1 fully saturated rings. The molecule has 5 nitrogen and oxygen atoms in total. The van der Waals surface area contributed by atoms with Gasteiger partial charge < -0.3 is 15.0 Å². The van der Waals surface area contributed by atoms with Gasteiger partial charge in [0.1, 0.15) is 11.6 Å². The Hall–Kier alpha value is -2.60. The summed E-state index contributed by atoms with van der Waals surface area (Å²) in [6.45, 7) is 0.225. The van der Waals surface area contributed by atoms with Gasteiger partial charge in [-0.05, 0) is 42.5 Å². The van der Waals surface area contributed by atoms with Crippen LogP contribution in [0.3, 0.4) is 0 Å². The molecular formula is C18H16ClFN2O3. The van der Waals surface area contributed by atoms with Crippen LogP contribution in [0.25, 0.3) is 0 Å². The number of rotatable bonds is 4. The first kappa shape index (κ1) is 17.2. The molecule has 1 aliphatic heterocycles. The minimum Gasteiger partial charge on any atom is -0.497 e. The van der Waals surface area contributed by atoms with Crippen molar-refractivity contribution in [2.75, 3.05) is 23.9 Å². The van der Waals surface area contributed by atoms with E-state index in [9.17, 15) is 14.0 Å². The second-order valence-electron chi connectivity index (χ2n) is 5.72. The number of carbonyl (C=O) groups is 2. The second-order valence-corrected chi connectivity index (χ2v) is 6.13. The lowest BCUT2D eigenvalue weighted by molar-refractivity contribution is -0.122. The molecule has 0 radical (unpaired) electrons. The summed E-state index contributed by atoms with van der Waals surface area (Å²) in [6, 6.07) is 11.0. The van der Waals surface area contributed by atoms with Gasteiger partial charge in [0.25, 0.3) is 0 Å². The van der Waals surface area contributed by atoms with E-state index in [-0.39, 0.29) is 29.8 Å². The zero-order valence-electron chi connectivity index (χ0n) is 13.5. The number of hydrogen-bond acceptors (Lipinski definition) is 3. The molecule has 0 bridgehead atoms. The summed E-state index contributed by atoms with van der Waals surface area (Å²) in [5, 5.41) is 2.73. The fourth-order valence-corrected chi connectivity index (χ4v) is 2.88. The fraction of sp³-hybridized carbons (Fsp3) is 0.222. The van der Waals surface area contributed by atoms with E-state index in [1.54, 1.807) is 31.4 Å². The van der Waals surface area contributed by atoms with Crippen molar-refractivity contribution >= 4 is 34.8 Å². The third-order valence-corrected chi connectivity index (χ3v) is 4.36. The molecule has 2 amide bonds. The van der Waals surface area contributed by atoms with E-state index in [2.05, 4.69) is 5.32 Å². The summed E-state index contributed by atoms with van der Waals surface area (Å²) in [6.07, 6.45) is 0.0942. The Labute approximate surface area is 149 Å². The highest BCUT2D eigenvalue weighted by Gasteiger charge is 2.35. The number of methoxy groups -OCH3 is 1. The van der Waals surface area contributed by atoms with E-state index in [1.807, 2.05) is 0 Å². The summed E-state index contributed by atoms with van der Waals surface area (Å²) >= 11 is 5.77. The molecule has 0 aromatic heterocycles. The highest BCUT2D eigenvalue weighted by molar-refractivity contribution is 6.31. The smallest absolute Gasteiger partial charge is 0.229 e. The van der Waals surface area contributed by atoms with Crippen LogP contribution in [0.4, 0.5) is 15.8 Å². The molecule has 0 saturated carbocycles. The Morgan fingerprint density at radius 2 is 2.00 bits per heavy atom. The Kier molecular flexibility index (Phi) is 4.90. The van der Waals surface area contributed by atoms with Crippen molar-refractivity contribution in [1.82, 2.24) is 0 Å². The molecule has 1 heterocycles. The van der Waals surface area contributed by atoms with Crippen molar-refractivity contribution in [3.8, 4) is 5.75 Å². The molecule has 1 aliphatic rings. The van der Waals surface area contributed by atoms with Gasteiger partial charge in [0.2, 0.25) is 11.8 Å². The molecule has 130 valence electrons. The van der Waals surface area contributed by atoms with Gasteiger partial charge in [-0.1, -0.05) is 11.6 Å². The molecule has 1 atom stereocenters. The van der Waals surface area contributed by atoms with Gasteiger partial charge in [-0.3, -0.25) is 9.59 Å². The maximum Gasteiger partial charge on any atom is 0.229 e. The summed E-state index contributed by atoms with van der Waals surface area (Å²) in [7, 11) is 1.56. The van der Waals surface area contributed by atoms with Crippen LogP contribution in [-0.4, -0.2) is 25.5 Å². The van der Waals surface area contributed by atoms with E-state index in [4.69, 9.17) is 16.3 Å². The highest BCUT2D eigenvalue weighted by atomic mass is 35.5. The van der Waals surface area contributed by atoms with E-state index >= 15 is 0 Å². The number of carbonyl (C=O) groups excluding carboxylic acids is 2. The first-order valence-corrected chi connectivity index (χ1v) is 8.06. The lowest BCUT2D eigenvalue weighted by Crippen LogP contribution is -2.28. The van der Waals surface area contributed by atoms with Crippen molar-refractivity contribution in [3.63, 3.8) is 0 Å². The number of ether oxygens (including phenoxy) is 1. The molecule has 0 spiro atoms. The number of halogens is 2. The monoisotopic (exact) mass is 362 g/mol. The molecule has 1 unspecified atom stereocenters. The van der Waals surface area contributed by atoms with E-state index < -0.39 is 11.7 Å². The maximum absolute atomic E-state index is 13.3. The predicted octanol–water partition coefficient (Wildman–Crippen LogP) is 3.48. The van der Waals surface area contributed by atoms with Crippen LogP contribution < -0.4 is 15.0 Å². The minimum absolute atomic E-state index is 0.0589. The Balaban J connectivity index is 1.68. The van der Waals surface area contributed by atoms with Crippen LogP contribution in [0.2, 0.25) is 5.02 Å². The first-order chi connectivity index (χ1) is 12.0. The zero-order chi connectivity index (χ0) is 18.0. The van der Waals surface area contributed by atoms with Crippen molar-refractivity contribution in [1.29, 1.82) is 0 Å². The van der Waals surface area contributed by atoms with Crippen molar-refractivity contribution < 1.29 is 18.7 Å². The van der Waals surface area contributed by atoms with Crippen molar-refractivity contribution in [2.45, 2.75) is 6.42 Å². The third kappa shape index (κ3) is 3.74. The third-order valence-electron chi connectivity index (χ3n) is 4.07. The van der Waals surface area contributed by atoms with Gasteiger partial charge in [-0.15, -0.1) is 0 Å². The van der Waals surface area contributed by atoms with Crippen LogP contribution >= 0.6 is 11.6 Å². The van der Waals surface area contributed by atoms with Crippen LogP contribution in [-0.2, 0) is 9.59 Å². The zero-order valence-corrected chi connectivity index (χ0v) is 14.2. The van der Waals surface area contributed by atoms with Crippen molar-refractivity contribution in [3.05, 3.63) is 53.3 Å². The topological polar surface area (TPSA) is 58.6 Å². The highest BCUT2D eigenvalue weighted by Crippen LogP contribution is 2.29. The largest absolute Gasteiger partial charge is 0.497 e. The molecule has 2 aromatic rings. The quantitative estimate of drug-likeness (QED) is 0.905. The average Bonchev–Trinajstić information content (AvgIpc) is 3.00. The molecule has 2 aromatic carbocycles. The molecule has 1 N–H and O–H groups in total. The lowest BCUT2D eigenvalue weighted by atomic mass is 10.1. The minimum atomic E-state index is -0.550. The van der Waals surface area contributed by atoms with Gasteiger partial charge in [0.05, 0.1) is 18.1 Å². The molecule has 7 heteroatoms. The van der Waals surface area contributed by atoms with Crippen LogP contribution in [0.15, 0.2) is 42.5 Å². The Morgan fingerprint density at radius 3 is 2.64 bits per heavy atom. The maximum atomic E-state index is 13.3. The molecule has 3 rings (SSSR count). The van der Waals surface area contributed by atoms with Gasteiger partial charge in [0.15, 0.2) is 0 Å². The van der Waals surface area contributed by atoms with Crippen LogP contribution in [0.1, 0.15) is 6.42 Å². The number of anilines is 2. The Bertz CT molecular complexity index is 810. The van der Waals surface area contributed by atoms with Gasteiger partial charge in [0, 0.05) is 24.3 Å². The average molecular weight is 363 g/mol. The summed E-state index contributed by atoms with van der Waals surface area (Å²) in [5.41, 5.74) is 1.11. The van der Waals surface area contributed by atoms with Gasteiger partial charge in [-0.2, -0.15) is 0 Å². The van der Waals surface area contributed by atoms with Crippen molar-refractivity contribution in [2.24, 2.45) is 5.92 Å². The number of hydrogen-bond donors (Lipinski definition) is 1. The van der Waals surface area contributed by atoms with Crippen LogP contribution in [0.5, 0.6) is 5.75 Å². The number of nitrogens with zero attached hydrogens (tertiary/aromatic N) is 1. The summed E-state index contributed by atoms with van der Waals surface area (Å²) in [5.74, 6) is -0.788. The fourth-order valence-electron chi connectivity index (χ4n) is 2.70. The number of nitrogens with one attached hydrogen (secondary N) is 1. The standard InChI is InChI=1S/C18H16ClFN2O3/c1-25-14-5-2-12(3-6-14)21-18(24)11-8-17(23)22(10-11)13-4-7-16(20)15(19)9-13/h2-7,9,11H,8,10H2,1H3,(H,21,24). The normalized spacial score (nSPS) is 16.8.